The smallest absolute Gasteiger partial charge is 0.190 e. The number of anilines is 2. The van der Waals surface area contributed by atoms with Crippen LogP contribution in [0.3, 0.4) is 0 Å². The van der Waals surface area contributed by atoms with Gasteiger partial charge in [0, 0.05) is 12.7 Å². The van der Waals surface area contributed by atoms with Crippen molar-refractivity contribution in [2.45, 2.75) is 33.1 Å². The summed E-state index contributed by atoms with van der Waals surface area (Å²) < 4.78 is 0. The molecule has 2 aromatic rings. The van der Waals surface area contributed by atoms with Crippen LogP contribution in [0, 0.1) is 0 Å². The predicted octanol–water partition coefficient (Wildman–Crippen LogP) is 4.41. The molecule has 0 saturated carbocycles. The molecule has 0 unspecified atom stereocenters. The van der Waals surface area contributed by atoms with Gasteiger partial charge >= 0.3 is 0 Å². The summed E-state index contributed by atoms with van der Waals surface area (Å²) in [6.07, 6.45) is 1.94. The molecule has 2 rings (SSSR count). The Hall–Kier alpha value is -1.68. The predicted molar refractivity (Wildman–Crippen MR) is 85.5 cm³/mol. The third kappa shape index (κ3) is 2.90. The van der Waals surface area contributed by atoms with Crippen LogP contribution in [0.15, 0.2) is 24.3 Å². The Labute approximate surface area is 124 Å². The summed E-state index contributed by atoms with van der Waals surface area (Å²) in [5.74, 6) is 0.260. The van der Waals surface area contributed by atoms with Crippen molar-refractivity contribution >= 4 is 28.4 Å². The molecule has 0 atom stereocenters. The monoisotopic (exact) mass is 288 g/mol. The van der Waals surface area contributed by atoms with Gasteiger partial charge in [-0.25, -0.2) is 4.98 Å². The quantitative estimate of drug-likeness (QED) is 0.764. The fourth-order valence-electron chi connectivity index (χ4n) is 2.04. The average molecular weight is 288 g/mol. The van der Waals surface area contributed by atoms with Crippen LogP contribution in [0.2, 0.25) is 0 Å². The summed E-state index contributed by atoms with van der Waals surface area (Å²) in [5, 5.41) is 0.861. The maximum absolute atomic E-state index is 11.1. The summed E-state index contributed by atoms with van der Waals surface area (Å²) >= 11 is 1.45. The fourth-order valence-corrected chi connectivity index (χ4v) is 3.06. The van der Waals surface area contributed by atoms with E-state index < -0.39 is 0 Å². The second-order valence-electron chi connectivity index (χ2n) is 5.10. The lowest BCUT2D eigenvalue weighted by Gasteiger charge is -2.16. The molecule has 0 radical (unpaired) electrons. The molecule has 0 N–H and O–H groups in total. The first kappa shape index (κ1) is 14.7. The molecular weight excluding hydrogens is 268 g/mol. The van der Waals surface area contributed by atoms with Crippen molar-refractivity contribution < 1.29 is 4.79 Å². The molecular formula is C16H20N2OS. The van der Waals surface area contributed by atoms with Gasteiger partial charge < -0.3 is 4.90 Å². The zero-order chi connectivity index (χ0) is 14.7. The summed E-state index contributed by atoms with van der Waals surface area (Å²) in [6.45, 7) is 6.26. The lowest BCUT2D eigenvalue weighted by atomic mass is 10.1. The van der Waals surface area contributed by atoms with Crippen molar-refractivity contribution in [3.05, 3.63) is 40.4 Å². The summed E-state index contributed by atoms with van der Waals surface area (Å²) in [7, 11) is 1.98. The van der Waals surface area contributed by atoms with Gasteiger partial charge in [-0.2, -0.15) is 0 Å². The first-order chi connectivity index (χ1) is 9.56. The third-order valence-corrected chi connectivity index (χ3v) is 4.42. The number of aromatic nitrogens is 1. The molecule has 0 spiro atoms. The molecule has 106 valence electrons. The Morgan fingerprint density at radius 1 is 1.30 bits per heavy atom. The van der Waals surface area contributed by atoms with E-state index in [1.54, 1.807) is 0 Å². The Balaban J connectivity index is 2.32. The number of aldehydes is 1. The van der Waals surface area contributed by atoms with Crippen molar-refractivity contribution in [2.75, 3.05) is 11.9 Å². The van der Waals surface area contributed by atoms with Gasteiger partial charge in [0.05, 0.1) is 10.6 Å². The van der Waals surface area contributed by atoms with Crippen molar-refractivity contribution in [3.63, 3.8) is 0 Å². The van der Waals surface area contributed by atoms with E-state index >= 15 is 0 Å². The highest BCUT2D eigenvalue weighted by Crippen LogP contribution is 2.32. The van der Waals surface area contributed by atoms with Gasteiger partial charge in [0.2, 0.25) is 0 Å². The van der Waals surface area contributed by atoms with Gasteiger partial charge in [0.25, 0.3) is 0 Å². The number of nitrogens with zero attached hydrogens (tertiary/aromatic N) is 2. The topological polar surface area (TPSA) is 33.2 Å². The zero-order valence-corrected chi connectivity index (χ0v) is 13.2. The molecule has 4 heteroatoms. The van der Waals surface area contributed by atoms with E-state index in [0.717, 1.165) is 34.1 Å². The molecule has 0 aliphatic carbocycles. The molecule has 0 bridgehead atoms. The maximum atomic E-state index is 11.1. The number of rotatable bonds is 5. The van der Waals surface area contributed by atoms with E-state index in [4.69, 9.17) is 0 Å². The van der Waals surface area contributed by atoms with E-state index in [9.17, 15) is 4.79 Å². The first-order valence-corrected chi connectivity index (χ1v) is 7.67. The molecule has 0 aliphatic rings. The number of benzene rings is 1. The van der Waals surface area contributed by atoms with Crippen LogP contribution in [-0.4, -0.2) is 18.3 Å². The van der Waals surface area contributed by atoms with Gasteiger partial charge in [-0.15, -0.1) is 0 Å². The standard InChI is InChI=1S/C16H20N2OS/c1-5-12-6-8-13(9-7-12)18(4)16-17-15(11(2)3)14(10-19)20-16/h6-11H,5H2,1-4H3. The Morgan fingerprint density at radius 3 is 2.40 bits per heavy atom. The van der Waals surface area contributed by atoms with Crippen LogP contribution in [-0.2, 0) is 6.42 Å². The van der Waals surface area contributed by atoms with Gasteiger partial charge in [-0.3, -0.25) is 4.79 Å². The van der Waals surface area contributed by atoms with E-state index in [2.05, 4.69) is 50.0 Å². The van der Waals surface area contributed by atoms with Gasteiger partial charge in [0.1, 0.15) is 0 Å². The number of hydrogen-bond acceptors (Lipinski definition) is 4. The van der Waals surface area contributed by atoms with Gasteiger partial charge in [-0.05, 0) is 30.0 Å². The lowest BCUT2D eigenvalue weighted by Crippen LogP contribution is -2.09. The molecule has 20 heavy (non-hydrogen) atoms. The minimum Gasteiger partial charge on any atom is -0.321 e. The second kappa shape index (κ2) is 6.18. The molecule has 3 nitrogen and oxygen atoms in total. The molecule has 1 heterocycles. The maximum Gasteiger partial charge on any atom is 0.190 e. The van der Waals surface area contributed by atoms with E-state index in [-0.39, 0.29) is 5.92 Å². The largest absolute Gasteiger partial charge is 0.321 e. The number of thiazole rings is 1. The zero-order valence-electron chi connectivity index (χ0n) is 12.4. The minimum atomic E-state index is 0.260. The molecule has 1 aromatic heterocycles. The molecule has 1 aromatic carbocycles. The van der Waals surface area contributed by atoms with E-state index in [0.29, 0.717) is 0 Å². The van der Waals surface area contributed by atoms with Crippen molar-refractivity contribution in [3.8, 4) is 0 Å². The Bertz CT molecular complexity index is 587. The van der Waals surface area contributed by atoms with Crippen molar-refractivity contribution in [1.29, 1.82) is 0 Å². The number of hydrogen-bond donors (Lipinski definition) is 0. The average Bonchev–Trinajstić information content (AvgIpc) is 2.91. The van der Waals surface area contributed by atoms with E-state index in [1.165, 1.54) is 16.9 Å². The number of aryl methyl sites for hydroxylation is 1. The van der Waals surface area contributed by atoms with Crippen molar-refractivity contribution in [2.24, 2.45) is 0 Å². The minimum absolute atomic E-state index is 0.260. The van der Waals surface area contributed by atoms with Gasteiger partial charge in [0.15, 0.2) is 11.4 Å². The molecule has 0 amide bonds. The first-order valence-electron chi connectivity index (χ1n) is 6.85. The van der Waals surface area contributed by atoms with Gasteiger partial charge in [-0.1, -0.05) is 44.2 Å². The summed E-state index contributed by atoms with van der Waals surface area (Å²) in [6, 6.07) is 8.44. The molecule has 0 saturated heterocycles. The normalized spacial score (nSPS) is 10.8. The molecule has 0 fully saturated rings. The van der Waals surface area contributed by atoms with Crippen LogP contribution in [0.4, 0.5) is 10.8 Å². The Morgan fingerprint density at radius 2 is 1.95 bits per heavy atom. The van der Waals surface area contributed by atoms with E-state index in [1.807, 2.05) is 11.9 Å². The van der Waals surface area contributed by atoms with Crippen LogP contribution < -0.4 is 4.90 Å². The Kier molecular flexibility index (Phi) is 4.55. The highest BCUT2D eigenvalue weighted by atomic mass is 32.1. The second-order valence-corrected chi connectivity index (χ2v) is 6.11. The highest BCUT2D eigenvalue weighted by molar-refractivity contribution is 7.17. The lowest BCUT2D eigenvalue weighted by molar-refractivity contribution is 0.112. The third-order valence-electron chi connectivity index (χ3n) is 3.34. The number of carbonyl (C=O) groups excluding carboxylic acids is 1. The van der Waals surface area contributed by atoms with Crippen LogP contribution in [0.25, 0.3) is 0 Å². The SMILES string of the molecule is CCc1ccc(N(C)c2nc(C(C)C)c(C=O)s2)cc1. The van der Waals surface area contributed by atoms with Crippen LogP contribution in [0.1, 0.15) is 47.6 Å². The van der Waals surface area contributed by atoms with Crippen LogP contribution >= 0.6 is 11.3 Å². The molecule has 0 aliphatic heterocycles. The fraction of sp³-hybridized carbons (Fsp3) is 0.375. The summed E-state index contributed by atoms with van der Waals surface area (Å²) in [5.41, 5.74) is 3.29. The highest BCUT2D eigenvalue weighted by Gasteiger charge is 2.16. The van der Waals surface area contributed by atoms with Crippen LogP contribution in [0.5, 0.6) is 0 Å². The van der Waals surface area contributed by atoms with Crippen molar-refractivity contribution in [1.82, 2.24) is 4.98 Å². The summed E-state index contributed by atoms with van der Waals surface area (Å²) in [4.78, 5) is 18.5. The number of carbonyl (C=O) groups is 1.